The summed E-state index contributed by atoms with van der Waals surface area (Å²) in [6.45, 7) is 0.306. The highest BCUT2D eigenvalue weighted by atomic mass is 32.2. The monoisotopic (exact) mass is 339 g/mol. The average molecular weight is 339 g/mol. The molecule has 0 amide bonds. The smallest absolute Gasteiger partial charge is 0.202 e. The van der Waals surface area contributed by atoms with Crippen molar-refractivity contribution in [2.75, 3.05) is 0 Å². The number of sulfonamides is 1. The van der Waals surface area contributed by atoms with Gasteiger partial charge in [0.05, 0.1) is 4.90 Å². The molecule has 0 aliphatic carbocycles. The first kappa shape index (κ1) is 16.0. The van der Waals surface area contributed by atoms with Gasteiger partial charge in [0.2, 0.25) is 10.0 Å². The zero-order chi connectivity index (χ0) is 16.8. The van der Waals surface area contributed by atoms with Gasteiger partial charge < -0.3 is 14.4 Å². The van der Waals surface area contributed by atoms with Gasteiger partial charge in [0.1, 0.15) is 12.4 Å². The molecule has 122 valence electrons. The third kappa shape index (κ3) is 3.91. The van der Waals surface area contributed by atoms with Crippen molar-refractivity contribution in [3.63, 3.8) is 0 Å². The second-order valence-electron chi connectivity index (χ2n) is 4.98. The van der Waals surface area contributed by atoms with E-state index in [1.165, 1.54) is 18.3 Å². The summed E-state index contributed by atoms with van der Waals surface area (Å²) < 4.78 is 34.2. The van der Waals surface area contributed by atoms with Gasteiger partial charge in [0.15, 0.2) is 0 Å². The summed E-state index contributed by atoms with van der Waals surface area (Å²) >= 11 is 0. The Hall–Kier alpha value is -2.86. The Kier molecular flexibility index (Phi) is 4.77. The van der Waals surface area contributed by atoms with Crippen LogP contribution in [0.2, 0.25) is 0 Å². The Morgan fingerprint density at radius 1 is 0.875 bits per heavy atom. The van der Waals surface area contributed by atoms with Crippen molar-refractivity contribution in [2.24, 2.45) is 0 Å². The Balaban J connectivity index is 1.79. The predicted octanol–water partition coefficient (Wildman–Crippen LogP) is 4.05. The average Bonchev–Trinajstić information content (AvgIpc) is 2.62. The van der Waals surface area contributed by atoms with E-state index in [9.17, 15) is 8.42 Å². The number of ether oxygens (including phenoxy) is 1. The van der Waals surface area contributed by atoms with Crippen LogP contribution in [0, 0.1) is 0 Å². The van der Waals surface area contributed by atoms with Crippen LogP contribution < -0.4 is 4.74 Å². The molecule has 0 fully saturated rings. The van der Waals surface area contributed by atoms with Gasteiger partial charge >= 0.3 is 0 Å². The molecule has 0 aliphatic rings. The number of rotatable bonds is 6. The third-order valence-corrected chi connectivity index (χ3v) is 4.52. The van der Waals surface area contributed by atoms with E-state index < -0.39 is 10.0 Å². The third-order valence-electron chi connectivity index (χ3n) is 3.24. The number of benzene rings is 2. The summed E-state index contributed by atoms with van der Waals surface area (Å²) in [5.41, 5.74) is 0.971. The van der Waals surface area contributed by atoms with Crippen LogP contribution in [-0.4, -0.2) is 13.4 Å². The van der Waals surface area contributed by atoms with E-state index >= 15 is 0 Å². The van der Waals surface area contributed by atoms with E-state index in [0.29, 0.717) is 12.4 Å². The lowest BCUT2D eigenvalue weighted by atomic mass is 10.2. The van der Waals surface area contributed by atoms with Crippen LogP contribution in [0.1, 0.15) is 5.56 Å². The molecule has 0 saturated carbocycles. The van der Waals surface area contributed by atoms with Gasteiger partial charge in [-0.15, -0.1) is 0 Å². The number of hydrogen-bond donors (Lipinski definition) is 0. The Labute approximate surface area is 141 Å². The molecular formula is C18H15N2O3S-. The van der Waals surface area contributed by atoms with Crippen LogP contribution in [0.25, 0.3) is 4.72 Å². The summed E-state index contributed by atoms with van der Waals surface area (Å²) in [4.78, 5) is 4.15. The van der Waals surface area contributed by atoms with Gasteiger partial charge in [0, 0.05) is 0 Å². The van der Waals surface area contributed by atoms with Crippen LogP contribution in [0.5, 0.6) is 5.75 Å². The number of nitrogens with zero attached hydrogens (tertiary/aromatic N) is 2. The molecular weight excluding hydrogens is 324 g/mol. The van der Waals surface area contributed by atoms with Gasteiger partial charge in [-0.1, -0.05) is 60.8 Å². The Bertz CT molecular complexity index is 898. The van der Waals surface area contributed by atoms with E-state index in [1.54, 1.807) is 30.3 Å². The molecule has 0 radical (unpaired) electrons. The molecule has 0 unspecified atom stereocenters. The molecule has 0 aliphatic heterocycles. The van der Waals surface area contributed by atoms with Crippen molar-refractivity contribution < 1.29 is 13.2 Å². The van der Waals surface area contributed by atoms with Gasteiger partial charge in [-0.2, -0.15) is 0 Å². The summed E-state index contributed by atoms with van der Waals surface area (Å²) in [6, 6.07) is 20.9. The van der Waals surface area contributed by atoms with Crippen molar-refractivity contribution in [3.8, 4) is 5.75 Å². The first-order chi connectivity index (χ1) is 11.6. The minimum atomic E-state index is -3.84. The first-order valence-electron chi connectivity index (χ1n) is 7.30. The molecule has 0 N–H and O–H groups in total. The fraction of sp³-hybridized carbons (Fsp3) is 0.0556. The van der Waals surface area contributed by atoms with Gasteiger partial charge in [0.25, 0.3) is 0 Å². The molecule has 1 heterocycles. The maximum Gasteiger partial charge on any atom is 0.202 e. The number of aromatic nitrogens is 1. The molecule has 0 atom stereocenters. The van der Waals surface area contributed by atoms with Crippen LogP contribution in [0.4, 0.5) is 5.82 Å². The molecule has 2 aromatic carbocycles. The summed E-state index contributed by atoms with van der Waals surface area (Å²) in [5, 5.41) is 0. The first-order valence-corrected chi connectivity index (χ1v) is 8.74. The molecule has 1 aromatic heterocycles. The molecule has 6 heteroatoms. The van der Waals surface area contributed by atoms with Gasteiger partial charge in [-0.3, -0.25) is 0 Å². The largest absolute Gasteiger partial charge is 0.489 e. The second-order valence-corrected chi connectivity index (χ2v) is 6.58. The molecule has 24 heavy (non-hydrogen) atoms. The zero-order valence-electron chi connectivity index (χ0n) is 12.7. The quantitative estimate of drug-likeness (QED) is 0.679. The lowest BCUT2D eigenvalue weighted by Gasteiger charge is -2.19. The van der Waals surface area contributed by atoms with E-state index in [-0.39, 0.29) is 10.7 Å². The van der Waals surface area contributed by atoms with E-state index in [1.807, 2.05) is 30.3 Å². The fourth-order valence-electron chi connectivity index (χ4n) is 2.06. The Morgan fingerprint density at radius 2 is 1.54 bits per heavy atom. The minimum Gasteiger partial charge on any atom is -0.489 e. The number of pyridine rings is 1. The van der Waals surface area contributed by atoms with Crippen molar-refractivity contribution in [2.45, 2.75) is 11.5 Å². The van der Waals surface area contributed by atoms with E-state index in [2.05, 4.69) is 9.71 Å². The van der Waals surface area contributed by atoms with Gasteiger partial charge in [-0.25, -0.2) is 8.42 Å². The summed E-state index contributed by atoms with van der Waals surface area (Å²) in [7, 11) is -3.84. The van der Waals surface area contributed by atoms with Crippen molar-refractivity contribution >= 4 is 15.8 Å². The van der Waals surface area contributed by atoms with Crippen molar-refractivity contribution in [1.29, 1.82) is 0 Å². The van der Waals surface area contributed by atoms with Crippen LogP contribution >= 0.6 is 0 Å². The van der Waals surface area contributed by atoms with Crippen LogP contribution in [0.3, 0.4) is 0 Å². The molecule has 0 saturated heterocycles. The molecule has 3 rings (SSSR count). The molecule has 0 bridgehead atoms. The van der Waals surface area contributed by atoms with Crippen LogP contribution in [-0.2, 0) is 16.6 Å². The lowest BCUT2D eigenvalue weighted by molar-refractivity contribution is 0.307. The zero-order valence-corrected chi connectivity index (χ0v) is 13.6. The topological polar surface area (TPSA) is 70.4 Å². The predicted molar refractivity (Wildman–Crippen MR) is 91.7 cm³/mol. The highest BCUT2D eigenvalue weighted by molar-refractivity contribution is 7.94. The second kappa shape index (κ2) is 7.14. The standard InChI is InChI=1S/C18H15N2O3S/c21-24(22,16-10-5-2-6-11-16)20-18-17(12-7-13-19-18)23-14-15-8-3-1-4-9-15/h1-13H,14H2/q-1. The molecule has 5 nitrogen and oxygen atoms in total. The van der Waals surface area contributed by atoms with Gasteiger partial charge in [-0.05, 0) is 29.6 Å². The summed E-state index contributed by atoms with van der Waals surface area (Å²) in [5.74, 6) is 0.359. The number of hydrogen-bond acceptors (Lipinski definition) is 4. The maximum atomic E-state index is 12.4. The molecule has 3 aromatic rings. The highest BCUT2D eigenvalue weighted by Gasteiger charge is 2.10. The Morgan fingerprint density at radius 3 is 2.25 bits per heavy atom. The van der Waals surface area contributed by atoms with E-state index in [0.717, 1.165) is 5.56 Å². The SMILES string of the molecule is O=S(=O)([N-]c1ncccc1OCc1ccccc1)c1ccccc1. The minimum absolute atomic E-state index is 0.0392. The fourth-order valence-corrected chi connectivity index (χ4v) is 3.03. The maximum absolute atomic E-state index is 12.4. The van der Waals surface area contributed by atoms with E-state index in [4.69, 9.17) is 4.74 Å². The molecule has 0 spiro atoms. The highest BCUT2D eigenvalue weighted by Crippen LogP contribution is 2.33. The van der Waals surface area contributed by atoms with Crippen molar-refractivity contribution in [1.82, 2.24) is 4.98 Å². The summed E-state index contributed by atoms with van der Waals surface area (Å²) in [6.07, 6.45) is 1.48. The normalized spacial score (nSPS) is 11.0. The van der Waals surface area contributed by atoms with Crippen LogP contribution in [0.15, 0.2) is 83.9 Å². The van der Waals surface area contributed by atoms with Crippen molar-refractivity contribution in [3.05, 3.63) is 89.3 Å². The lowest BCUT2D eigenvalue weighted by Crippen LogP contribution is -2.01.